The van der Waals surface area contributed by atoms with Crippen LogP contribution in [0.2, 0.25) is 5.02 Å². The van der Waals surface area contributed by atoms with Crippen LogP contribution in [-0.2, 0) is 0 Å². The minimum atomic E-state index is 0. The van der Waals surface area contributed by atoms with Crippen LogP contribution in [0, 0.1) is 11.8 Å². The van der Waals surface area contributed by atoms with Gasteiger partial charge < -0.3 is 16.2 Å². The average molecular weight is 313 g/mol. The van der Waals surface area contributed by atoms with E-state index in [9.17, 15) is 0 Å². The van der Waals surface area contributed by atoms with E-state index >= 15 is 0 Å². The second-order valence-electron chi connectivity index (χ2n) is 3.39. The summed E-state index contributed by atoms with van der Waals surface area (Å²) in [5.74, 6) is 6.52. The summed E-state index contributed by atoms with van der Waals surface area (Å²) >= 11 is 5.94. The highest BCUT2D eigenvalue weighted by Gasteiger charge is 2.10. The summed E-state index contributed by atoms with van der Waals surface area (Å²) < 4.78 is 5.13. The fourth-order valence-electron chi connectivity index (χ4n) is 1.08. The van der Waals surface area contributed by atoms with Crippen LogP contribution in [0.5, 0.6) is 5.75 Å². The standard InChI is InChI=1S/C11H14ClN3O.2ClH/c1-7(13)4-3-5-8-6-15-11(14)9(12)10(8)16-2;;/h6-7H,4,13H2,1-2H3,(H2,14,15);2*1H/t7-;;/m0../s1. The number of rotatable bonds is 2. The van der Waals surface area contributed by atoms with E-state index in [1.807, 2.05) is 6.92 Å². The summed E-state index contributed by atoms with van der Waals surface area (Å²) in [5, 5.41) is 0.287. The van der Waals surface area contributed by atoms with Crippen molar-refractivity contribution in [2.75, 3.05) is 12.8 Å². The fraction of sp³-hybridized carbons (Fsp3) is 0.364. The number of methoxy groups -OCH3 is 1. The maximum Gasteiger partial charge on any atom is 0.158 e. The van der Waals surface area contributed by atoms with Crippen molar-refractivity contribution in [2.24, 2.45) is 5.73 Å². The number of nitrogens with two attached hydrogens (primary N) is 2. The molecule has 4 N–H and O–H groups in total. The van der Waals surface area contributed by atoms with E-state index in [-0.39, 0.29) is 41.7 Å². The quantitative estimate of drug-likeness (QED) is 0.822. The Morgan fingerprint density at radius 3 is 2.61 bits per heavy atom. The van der Waals surface area contributed by atoms with E-state index in [0.717, 1.165) is 0 Å². The number of ether oxygens (including phenoxy) is 1. The number of aromatic nitrogens is 1. The number of halogens is 3. The molecule has 0 saturated heterocycles. The lowest BCUT2D eigenvalue weighted by Gasteiger charge is -2.06. The van der Waals surface area contributed by atoms with Crippen molar-refractivity contribution in [2.45, 2.75) is 19.4 Å². The first-order valence-electron chi connectivity index (χ1n) is 4.78. The normalized spacial score (nSPS) is 10.2. The zero-order valence-corrected chi connectivity index (χ0v) is 12.5. The van der Waals surface area contributed by atoms with Gasteiger partial charge >= 0.3 is 0 Å². The monoisotopic (exact) mass is 311 g/mol. The Hall–Kier alpha value is -0.860. The highest BCUT2D eigenvalue weighted by Crippen LogP contribution is 2.31. The van der Waals surface area contributed by atoms with Crippen molar-refractivity contribution in [3.8, 4) is 17.6 Å². The van der Waals surface area contributed by atoms with E-state index < -0.39 is 0 Å². The molecule has 0 unspecified atom stereocenters. The highest BCUT2D eigenvalue weighted by molar-refractivity contribution is 6.34. The summed E-state index contributed by atoms with van der Waals surface area (Å²) in [6.45, 7) is 1.89. The number of hydrogen-bond acceptors (Lipinski definition) is 4. The van der Waals surface area contributed by atoms with Gasteiger partial charge in [0.25, 0.3) is 0 Å². The third-order valence-electron chi connectivity index (χ3n) is 1.85. The van der Waals surface area contributed by atoms with Crippen molar-refractivity contribution < 1.29 is 4.74 Å². The summed E-state index contributed by atoms with van der Waals surface area (Å²) in [6.07, 6.45) is 2.14. The van der Waals surface area contributed by atoms with Gasteiger partial charge in [0.15, 0.2) is 5.75 Å². The molecule has 0 spiro atoms. The second-order valence-corrected chi connectivity index (χ2v) is 3.77. The summed E-state index contributed by atoms with van der Waals surface area (Å²) in [7, 11) is 1.51. The molecule has 1 aromatic heterocycles. The van der Waals surface area contributed by atoms with Gasteiger partial charge in [-0.2, -0.15) is 0 Å². The van der Waals surface area contributed by atoms with Crippen LogP contribution in [0.3, 0.4) is 0 Å². The molecule has 0 aromatic carbocycles. The Morgan fingerprint density at radius 1 is 1.50 bits per heavy atom. The fourth-order valence-corrected chi connectivity index (χ4v) is 1.31. The first-order valence-corrected chi connectivity index (χ1v) is 5.16. The molecule has 0 radical (unpaired) electrons. The summed E-state index contributed by atoms with van der Waals surface area (Å²) in [5.41, 5.74) is 11.7. The predicted molar refractivity (Wildman–Crippen MR) is 79.9 cm³/mol. The minimum Gasteiger partial charge on any atom is -0.494 e. The van der Waals surface area contributed by atoms with Gasteiger partial charge in [-0.15, -0.1) is 24.8 Å². The van der Waals surface area contributed by atoms with E-state index in [2.05, 4.69) is 16.8 Å². The molecule has 102 valence electrons. The van der Waals surface area contributed by atoms with E-state index in [1.54, 1.807) is 0 Å². The van der Waals surface area contributed by atoms with E-state index in [0.29, 0.717) is 17.7 Å². The molecule has 4 nitrogen and oxygen atoms in total. The van der Waals surface area contributed by atoms with Crippen LogP contribution >= 0.6 is 36.4 Å². The molecular formula is C11H16Cl3N3O. The average Bonchev–Trinajstić information content (AvgIpc) is 2.23. The molecule has 0 amide bonds. The Kier molecular flexibility index (Phi) is 9.87. The first kappa shape index (κ1) is 19.5. The molecule has 18 heavy (non-hydrogen) atoms. The molecule has 0 aliphatic heterocycles. The van der Waals surface area contributed by atoms with Crippen LogP contribution < -0.4 is 16.2 Å². The molecule has 0 aliphatic rings. The molecule has 1 rings (SSSR count). The molecule has 1 atom stereocenters. The first-order chi connectivity index (χ1) is 7.56. The number of nitrogens with zero attached hydrogens (tertiary/aromatic N) is 1. The van der Waals surface area contributed by atoms with Crippen LogP contribution in [0.25, 0.3) is 0 Å². The largest absolute Gasteiger partial charge is 0.494 e. The molecular weight excluding hydrogens is 296 g/mol. The Bertz CT molecular complexity index is 441. The third-order valence-corrected chi connectivity index (χ3v) is 2.22. The van der Waals surface area contributed by atoms with Crippen molar-refractivity contribution in [1.82, 2.24) is 4.98 Å². The van der Waals surface area contributed by atoms with Gasteiger partial charge in [0, 0.05) is 18.7 Å². The molecule has 1 heterocycles. The van der Waals surface area contributed by atoms with Gasteiger partial charge in [-0.3, -0.25) is 0 Å². The predicted octanol–water partition coefficient (Wildman–Crippen LogP) is 2.26. The van der Waals surface area contributed by atoms with E-state index in [1.165, 1.54) is 13.3 Å². The summed E-state index contributed by atoms with van der Waals surface area (Å²) in [4.78, 5) is 3.92. The van der Waals surface area contributed by atoms with Crippen LogP contribution in [0.1, 0.15) is 18.9 Å². The van der Waals surface area contributed by atoms with Gasteiger partial charge in [-0.25, -0.2) is 4.98 Å². The van der Waals surface area contributed by atoms with Crippen molar-refractivity contribution in [3.05, 3.63) is 16.8 Å². The molecule has 1 aromatic rings. The Labute approximate surface area is 124 Å². The van der Waals surface area contributed by atoms with Gasteiger partial charge in [0.05, 0.1) is 12.7 Å². The smallest absolute Gasteiger partial charge is 0.158 e. The minimum absolute atomic E-state index is 0. The van der Waals surface area contributed by atoms with Gasteiger partial charge in [-0.1, -0.05) is 23.4 Å². The number of nitrogen functional groups attached to an aromatic ring is 1. The Morgan fingerprint density at radius 2 is 2.11 bits per heavy atom. The Balaban J connectivity index is 0. The third kappa shape index (κ3) is 5.19. The maximum absolute atomic E-state index is 5.94. The summed E-state index contributed by atoms with van der Waals surface area (Å²) in [6, 6.07) is 0.0377. The topological polar surface area (TPSA) is 74.2 Å². The van der Waals surface area contributed by atoms with Crippen molar-refractivity contribution in [1.29, 1.82) is 0 Å². The number of hydrogen-bond donors (Lipinski definition) is 2. The molecule has 0 saturated carbocycles. The highest BCUT2D eigenvalue weighted by atomic mass is 35.5. The lowest BCUT2D eigenvalue weighted by Crippen LogP contribution is -2.12. The van der Waals surface area contributed by atoms with Gasteiger partial charge in [0.1, 0.15) is 10.8 Å². The second kappa shape index (κ2) is 9.12. The number of anilines is 1. The van der Waals surface area contributed by atoms with Gasteiger partial charge in [0.2, 0.25) is 0 Å². The molecule has 7 heteroatoms. The van der Waals surface area contributed by atoms with E-state index in [4.69, 9.17) is 27.8 Å². The van der Waals surface area contributed by atoms with Crippen LogP contribution in [-0.4, -0.2) is 18.1 Å². The zero-order valence-electron chi connectivity index (χ0n) is 10.1. The maximum atomic E-state index is 5.94. The van der Waals surface area contributed by atoms with Crippen molar-refractivity contribution in [3.63, 3.8) is 0 Å². The number of pyridine rings is 1. The lowest BCUT2D eigenvalue weighted by atomic mass is 10.2. The SMILES string of the molecule is COc1c(C#CC[C@H](C)N)cnc(N)c1Cl.Cl.Cl. The van der Waals surface area contributed by atoms with Crippen LogP contribution in [0.15, 0.2) is 6.20 Å². The van der Waals surface area contributed by atoms with Crippen LogP contribution in [0.4, 0.5) is 5.82 Å². The molecule has 0 bridgehead atoms. The zero-order chi connectivity index (χ0) is 12.1. The molecule has 0 aliphatic carbocycles. The van der Waals surface area contributed by atoms with Crippen molar-refractivity contribution >= 4 is 42.2 Å². The van der Waals surface area contributed by atoms with Gasteiger partial charge in [-0.05, 0) is 6.92 Å². The molecule has 0 fully saturated rings. The lowest BCUT2D eigenvalue weighted by molar-refractivity contribution is 0.413.